The predicted molar refractivity (Wildman–Crippen MR) is 152 cm³/mol. The number of benzene rings is 1. The van der Waals surface area contributed by atoms with Crippen LogP contribution in [0.1, 0.15) is 0 Å². The number of hydrogen-bond donors (Lipinski definition) is 1. The van der Waals surface area contributed by atoms with Crippen LogP contribution in [-0.4, -0.2) is 84.9 Å². The Morgan fingerprint density at radius 3 is 2.73 bits per heavy atom. The molecule has 0 aliphatic carbocycles. The van der Waals surface area contributed by atoms with E-state index in [0.29, 0.717) is 84.0 Å². The molecule has 0 spiro atoms. The molecule has 0 saturated carbocycles. The van der Waals surface area contributed by atoms with Crippen molar-refractivity contribution in [1.29, 1.82) is 0 Å². The van der Waals surface area contributed by atoms with Gasteiger partial charge in [0.25, 0.3) is 0 Å². The first-order valence-electron chi connectivity index (χ1n) is 12.7. The quantitative estimate of drug-likeness (QED) is 0.255. The van der Waals surface area contributed by atoms with E-state index in [1.807, 2.05) is 4.90 Å². The maximum Gasteiger partial charge on any atom is 0.309 e. The summed E-state index contributed by atoms with van der Waals surface area (Å²) in [6.45, 7) is 4.06. The molecule has 1 fully saturated rings. The second kappa shape index (κ2) is 11.1. The largest absolute Gasteiger partial charge is 0.616 e. The van der Waals surface area contributed by atoms with Crippen molar-refractivity contribution in [2.45, 2.75) is 6.54 Å². The number of fused-ring (bicyclic) bond motifs is 3. The molecule has 40 heavy (non-hydrogen) atoms. The number of ether oxygens (including phenoxy) is 1. The lowest BCUT2D eigenvalue weighted by molar-refractivity contribution is 0.248. The van der Waals surface area contributed by atoms with Crippen molar-refractivity contribution in [2.24, 2.45) is 0 Å². The smallest absolute Gasteiger partial charge is 0.309 e. The van der Waals surface area contributed by atoms with Crippen molar-refractivity contribution >= 4 is 50.1 Å². The molecule has 210 valence electrons. The zero-order valence-electron chi connectivity index (χ0n) is 21.7. The van der Waals surface area contributed by atoms with Gasteiger partial charge >= 0.3 is 4.87 Å². The molecule has 1 saturated heterocycles. The molecule has 1 aromatic carbocycles. The zero-order chi connectivity index (χ0) is 27.8. The molecule has 6 rings (SSSR count). The highest BCUT2D eigenvalue weighted by Gasteiger charge is 2.22. The summed E-state index contributed by atoms with van der Waals surface area (Å²) in [6.07, 6.45) is 3.14. The topological polar surface area (TPSA) is 143 Å². The molecular weight excluding hydrogens is 559 g/mol. The number of nitrogens with zero attached hydrogens (tertiary/aromatic N) is 7. The normalized spacial score (nSPS) is 15.3. The molecule has 12 nitrogen and oxygen atoms in total. The number of furan rings is 1. The van der Waals surface area contributed by atoms with Crippen LogP contribution >= 0.6 is 11.3 Å². The summed E-state index contributed by atoms with van der Waals surface area (Å²) in [5, 5.41) is 4.39. The Morgan fingerprint density at radius 1 is 1.18 bits per heavy atom. The highest BCUT2D eigenvalue weighted by atomic mass is 32.2. The number of piperazine rings is 1. The fourth-order valence-corrected chi connectivity index (χ4v) is 5.95. The van der Waals surface area contributed by atoms with Crippen molar-refractivity contribution in [3.05, 3.63) is 52.1 Å². The van der Waals surface area contributed by atoms with E-state index < -0.39 is 11.2 Å². The first kappa shape index (κ1) is 26.6. The van der Waals surface area contributed by atoms with Crippen LogP contribution in [0.5, 0.6) is 5.75 Å². The highest BCUT2D eigenvalue weighted by Crippen LogP contribution is 2.27. The summed E-state index contributed by atoms with van der Waals surface area (Å²) in [6, 6.07) is 8.33. The van der Waals surface area contributed by atoms with E-state index >= 15 is 0 Å². The number of hydrogen-bond acceptors (Lipinski definition) is 11. The summed E-state index contributed by atoms with van der Waals surface area (Å²) < 4.78 is 40.5. The van der Waals surface area contributed by atoms with E-state index in [-0.39, 0.29) is 23.2 Å². The summed E-state index contributed by atoms with van der Waals surface area (Å²) in [4.78, 5) is 26.0. The van der Waals surface area contributed by atoms with E-state index in [4.69, 9.17) is 14.9 Å². The summed E-state index contributed by atoms with van der Waals surface area (Å²) in [7, 11) is 0. The van der Waals surface area contributed by atoms with Gasteiger partial charge in [-0.2, -0.15) is 9.50 Å². The molecule has 1 aliphatic heterocycles. The number of thiazole rings is 1. The summed E-state index contributed by atoms with van der Waals surface area (Å²) in [5.74, 6) is 1.47. The standard InChI is InChI=1S/C25H27FN8O4S2/c1-40(36)14-13-37-16-4-5-18(17(26)15-16)32-9-6-31(7-10-32)8-11-33-22-20(39-25(33)35)23-28-21(19-3-2-12-38-19)30-34(23)24(27)29-22/h2-5,12,15H,6-11,13-14H2,1H3,(H2,27,29)/t40-/m1/s1. The molecule has 0 unspecified atom stereocenters. The van der Waals surface area contributed by atoms with Crippen LogP contribution in [0.4, 0.5) is 16.0 Å². The molecule has 0 bridgehead atoms. The maximum atomic E-state index is 14.8. The molecule has 5 aromatic rings. The van der Waals surface area contributed by atoms with Gasteiger partial charge in [-0.25, -0.2) is 9.37 Å². The fourth-order valence-electron chi connectivity index (χ4n) is 4.70. The van der Waals surface area contributed by atoms with Crippen LogP contribution in [0, 0.1) is 5.82 Å². The minimum Gasteiger partial charge on any atom is -0.616 e. The minimum absolute atomic E-state index is 0.131. The van der Waals surface area contributed by atoms with Crippen molar-refractivity contribution < 1.29 is 18.1 Å². The van der Waals surface area contributed by atoms with Gasteiger partial charge in [-0.3, -0.25) is 14.3 Å². The maximum absolute atomic E-state index is 14.8. The minimum atomic E-state index is -0.956. The molecule has 1 atom stereocenters. The molecule has 5 heterocycles. The third-order valence-electron chi connectivity index (χ3n) is 6.77. The van der Waals surface area contributed by atoms with E-state index in [9.17, 15) is 13.7 Å². The molecule has 15 heteroatoms. The average molecular weight is 587 g/mol. The van der Waals surface area contributed by atoms with Gasteiger partial charge < -0.3 is 24.3 Å². The summed E-state index contributed by atoms with van der Waals surface area (Å²) in [5.41, 5.74) is 7.64. The highest BCUT2D eigenvalue weighted by molar-refractivity contribution is 7.90. The average Bonchev–Trinajstić information content (AvgIpc) is 3.67. The van der Waals surface area contributed by atoms with Crippen LogP contribution < -0.4 is 20.2 Å². The Bertz CT molecular complexity index is 1690. The van der Waals surface area contributed by atoms with E-state index in [2.05, 4.69) is 20.0 Å². The number of anilines is 2. The Kier molecular flexibility index (Phi) is 7.35. The second-order valence-corrected chi connectivity index (χ2v) is 11.9. The molecule has 1 aliphatic rings. The van der Waals surface area contributed by atoms with Crippen LogP contribution in [0.2, 0.25) is 0 Å². The van der Waals surface area contributed by atoms with Gasteiger partial charge in [-0.05, 0) is 24.3 Å². The van der Waals surface area contributed by atoms with Gasteiger partial charge in [0.1, 0.15) is 28.6 Å². The first-order valence-corrected chi connectivity index (χ1v) is 15.2. The van der Waals surface area contributed by atoms with Crippen LogP contribution in [0.25, 0.3) is 27.6 Å². The van der Waals surface area contributed by atoms with Crippen LogP contribution in [-0.2, 0) is 17.7 Å². The van der Waals surface area contributed by atoms with Gasteiger partial charge in [-0.15, -0.1) is 5.10 Å². The number of nitrogen functional groups attached to an aromatic ring is 1. The Labute approximate surface area is 235 Å². The molecule has 0 radical (unpaired) electrons. The second-order valence-electron chi connectivity index (χ2n) is 9.36. The SMILES string of the molecule is C[S@@+]([O-])CCOc1ccc(N2CCN(CCn3c(=O)sc4c3nc(N)n3nc(-c5ccco5)nc43)CC2)c(F)c1. The van der Waals surface area contributed by atoms with Gasteiger partial charge in [0.05, 0.1) is 18.2 Å². The lowest BCUT2D eigenvalue weighted by Crippen LogP contribution is -2.47. The van der Waals surface area contributed by atoms with Gasteiger partial charge in [0.15, 0.2) is 17.1 Å². The van der Waals surface area contributed by atoms with Crippen LogP contribution in [0.15, 0.2) is 45.8 Å². The Morgan fingerprint density at radius 2 is 2.00 bits per heavy atom. The monoisotopic (exact) mass is 586 g/mol. The van der Waals surface area contributed by atoms with E-state index in [0.717, 1.165) is 11.3 Å². The molecule has 4 aromatic heterocycles. The summed E-state index contributed by atoms with van der Waals surface area (Å²) >= 11 is 0.106. The zero-order valence-corrected chi connectivity index (χ0v) is 23.3. The third-order valence-corrected chi connectivity index (χ3v) is 8.48. The predicted octanol–water partition coefficient (Wildman–Crippen LogP) is 2.06. The number of rotatable bonds is 9. The number of nitrogens with two attached hydrogens (primary N) is 1. The lowest BCUT2D eigenvalue weighted by Gasteiger charge is -2.36. The fraction of sp³-hybridized carbons (Fsp3) is 0.360. The van der Waals surface area contributed by atoms with Crippen molar-refractivity contribution in [3.63, 3.8) is 0 Å². The van der Waals surface area contributed by atoms with Crippen molar-refractivity contribution in [2.75, 3.05) is 62.0 Å². The van der Waals surface area contributed by atoms with Gasteiger partial charge in [0, 0.05) is 45.3 Å². The molecule has 2 N–H and O–H groups in total. The Balaban J connectivity index is 1.11. The third kappa shape index (κ3) is 5.24. The van der Waals surface area contributed by atoms with E-state index in [1.54, 1.807) is 35.1 Å². The van der Waals surface area contributed by atoms with Gasteiger partial charge in [-0.1, -0.05) is 22.5 Å². The molecular formula is C25H27FN8O4S2. The van der Waals surface area contributed by atoms with Crippen molar-refractivity contribution in [1.82, 2.24) is 29.0 Å². The first-order chi connectivity index (χ1) is 19.4. The van der Waals surface area contributed by atoms with E-state index in [1.165, 1.54) is 16.8 Å². The lowest BCUT2D eigenvalue weighted by atomic mass is 10.2. The molecule has 0 amide bonds. The Hall–Kier alpha value is -3.66. The number of halogens is 1. The number of aromatic nitrogens is 5. The van der Waals surface area contributed by atoms with Crippen LogP contribution in [0.3, 0.4) is 0 Å². The van der Waals surface area contributed by atoms with Crippen molar-refractivity contribution in [3.8, 4) is 17.3 Å². The van der Waals surface area contributed by atoms with Gasteiger partial charge in [0.2, 0.25) is 11.8 Å².